The lowest BCUT2D eigenvalue weighted by molar-refractivity contribution is -0.136. The number of nitriles is 1. The number of rotatable bonds is 11. The van der Waals surface area contributed by atoms with Gasteiger partial charge in [0, 0.05) is 0 Å². The fourth-order valence-corrected chi connectivity index (χ4v) is 3.11. The molecule has 0 saturated heterocycles. The number of ether oxygens (including phenoxy) is 3. The Balaban J connectivity index is 1.65. The Morgan fingerprint density at radius 3 is 2.66 bits per heavy atom. The van der Waals surface area contributed by atoms with Crippen LogP contribution in [0.4, 0.5) is 0 Å². The second-order valence-corrected chi connectivity index (χ2v) is 7.21. The minimum absolute atomic E-state index is 0.102. The summed E-state index contributed by atoms with van der Waals surface area (Å²) in [4.78, 5) is 24.7. The smallest absolute Gasteiger partial charge is 0.349 e. The van der Waals surface area contributed by atoms with Gasteiger partial charge in [-0.3, -0.25) is 4.79 Å². The molecule has 0 unspecified atom stereocenters. The van der Waals surface area contributed by atoms with Crippen molar-refractivity contribution in [3.8, 4) is 23.3 Å². The van der Waals surface area contributed by atoms with Gasteiger partial charge in [-0.25, -0.2) is 4.79 Å². The number of para-hydroxylation sites is 1. The van der Waals surface area contributed by atoms with Crippen molar-refractivity contribution >= 4 is 18.0 Å². The molecule has 2 aromatic carbocycles. The van der Waals surface area contributed by atoms with Gasteiger partial charge in [0.15, 0.2) is 18.1 Å². The van der Waals surface area contributed by atoms with Crippen molar-refractivity contribution in [1.82, 2.24) is 5.32 Å². The minimum atomic E-state index is -0.616. The van der Waals surface area contributed by atoms with Gasteiger partial charge in [0.05, 0.1) is 19.9 Å². The van der Waals surface area contributed by atoms with Crippen LogP contribution < -0.4 is 19.5 Å². The van der Waals surface area contributed by atoms with Crippen LogP contribution >= 0.6 is 0 Å². The number of esters is 1. The van der Waals surface area contributed by atoms with E-state index in [1.165, 1.54) is 25.5 Å². The maximum atomic E-state index is 12.4. The van der Waals surface area contributed by atoms with Gasteiger partial charge in [0.1, 0.15) is 23.2 Å². The van der Waals surface area contributed by atoms with Crippen molar-refractivity contribution in [3.63, 3.8) is 0 Å². The molecule has 0 fully saturated rings. The molecule has 1 aromatic heterocycles. The Morgan fingerprint density at radius 2 is 1.94 bits per heavy atom. The molecule has 0 radical (unpaired) electrons. The van der Waals surface area contributed by atoms with Crippen molar-refractivity contribution in [2.75, 3.05) is 13.7 Å². The molecule has 1 N–H and O–H groups in total. The van der Waals surface area contributed by atoms with Crippen LogP contribution in [-0.4, -0.2) is 25.6 Å². The third-order valence-corrected chi connectivity index (χ3v) is 4.77. The lowest BCUT2D eigenvalue weighted by Gasteiger charge is -2.12. The largest absolute Gasteiger partial charge is 0.493 e. The van der Waals surface area contributed by atoms with Gasteiger partial charge in [-0.2, -0.15) is 5.26 Å². The average Bonchev–Trinajstić information content (AvgIpc) is 3.40. The molecule has 1 heterocycles. The molecule has 0 bridgehead atoms. The molecule has 1 amide bonds. The third kappa shape index (κ3) is 7.11. The highest BCUT2D eigenvalue weighted by Gasteiger charge is 2.14. The third-order valence-electron chi connectivity index (χ3n) is 4.77. The zero-order valence-electron chi connectivity index (χ0n) is 19.2. The van der Waals surface area contributed by atoms with Crippen LogP contribution in [-0.2, 0) is 22.6 Å². The number of nitrogens with one attached hydrogen (secondary N) is 1. The number of amides is 1. The fourth-order valence-electron chi connectivity index (χ4n) is 3.11. The molecule has 0 spiro atoms. The van der Waals surface area contributed by atoms with Crippen molar-refractivity contribution < 1.29 is 28.2 Å². The lowest BCUT2D eigenvalue weighted by Crippen LogP contribution is -2.23. The highest BCUT2D eigenvalue weighted by Crippen LogP contribution is 2.29. The number of benzene rings is 2. The second-order valence-electron chi connectivity index (χ2n) is 7.21. The highest BCUT2D eigenvalue weighted by molar-refractivity contribution is 6.01. The summed E-state index contributed by atoms with van der Waals surface area (Å²) in [6.07, 6.45) is 5.27. The average molecular weight is 472 g/mol. The summed E-state index contributed by atoms with van der Waals surface area (Å²) in [5.74, 6) is 0.413. The maximum absolute atomic E-state index is 12.4. The number of carbonyl (C=O) groups excluding carboxylic acids is 2. The second kappa shape index (κ2) is 12.5. The van der Waals surface area contributed by atoms with Gasteiger partial charge in [0.25, 0.3) is 5.91 Å². The molecule has 8 heteroatoms. The van der Waals surface area contributed by atoms with E-state index < -0.39 is 11.9 Å². The summed E-state index contributed by atoms with van der Waals surface area (Å²) in [7, 11) is 1.42. The number of hydrogen-bond acceptors (Lipinski definition) is 7. The first-order valence-electron chi connectivity index (χ1n) is 10.7. The van der Waals surface area contributed by atoms with E-state index >= 15 is 0 Å². The zero-order valence-corrected chi connectivity index (χ0v) is 19.2. The number of furan rings is 1. The van der Waals surface area contributed by atoms with Gasteiger partial charge >= 0.3 is 5.97 Å². The molecule has 0 saturated carbocycles. The van der Waals surface area contributed by atoms with Crippen LogP contribution in [0.5, 0.6) is 17.2 Å². The maximum Gasteiger partial charge on any atom is 0.349 e. The Kier molecular flexibility index (Phi) is 8.85. The number of allylic oxidation sites excluding steroid dienone is 1. The molecule has 0 aliphatic rings. The number of methoxy groups -OCH3 is 1. The van der Waals surface area contributed by atoms with Crippen LogP contribution in [0.3, 0.4) is 0 Å². The molecular formula is C27H24N2O6. The molecular weight excluding hydrogens is 448 g/mol. The Bertz CT molecular complexity index is 1250. The van der Waals surface area contributed by atoms with Crippen LogP contribution in [0.2, 0.25) is 0 Å². The summed E-state index contributed by atoms with van der Waals surface area (Å²) < 4.78 is 21.5. The van der Waals surface area contributed by atoms with Crippen molar-refractivity contribution in [2.24, 2.45) is 0 Å². The molecule has 178 valence electrons. The van der Waals surface area contributed by atoms with Crippen molar-refractivity contribution in [2.45, 2.75) is 13.0 Å². The van der Waals surface area contributed by atoms with Crippen LogP contribution in [0.15, 0.2) is 83.5 Å². The predicted molar refractivity (Wildman–Crippen MR) is 129 cm³/mol. The Hall–Kier alpha value is -4.77. The fraction of sp³-hybridized carbons (Fsp3) is 0.148. The first-order valence-corrected chi connectivity index (χ1v) is 10.7. The lowest BCUT2D eigenvalue weighted by atomic mass is 10.1. The summed E-state index contributed by atoms with van der Waals surface area (Å²) >= 11 is 0. The Morgan fingerprint density at radius 1 is 1.11 bits per heavy atom. The standard InChI is InChI=1S/C27H24N2O6/c1-3-7-20-8-4-5-10-23(20)34-18-26(30)35-24-12-11-19(15-25(24)32-2)14-21(16-28)27(31)29-17-22-9-6-13-33-22/h3-6,8-15H,1,7,17-18H2,2H3,(H,29,31)/b21-14+. The van der Waals surface area contributed by atoms with Gasteiger partial charge in [0.2, 0.25) is 0 Å². The van der Waals surface area contributed by atoms with E-state index in [1.54, 1.807) is 36.4 Å². The van der Waals surface area contributed by atoms with Crippen molar-refractivity contribution in [3.05, 3.63) is 96.0 Å². The van der Waals surface area contributed by atoms with Crippen LogP contribution in [0, 0.1) is 11.3 Å². The summed E-state index contributed by atoms with van der Waals surface area (Å²) in [5, 5.41) is 12.0. The first kappa shape index (κ1) is 24.9. The first-order chi connectivity index (χ1) is 17.0. The molecule has 0 aliphatic carbocycles. The monoisotopic (exact) mass is 472 g/mol. The van der Waals surface area contributed by atoms with Gasteiger partial charge in [-0.1, -0.05) is 30.3 Å². The number of carbonyl (C=O) groups is 2. The van der Waals surface area contributed by atoms with E-state index in [9.17, 15) is 14.9 Å². The zero-order chi connectivity index (χ0) is 25.0. The van der Waals surface area contributed by atoms with Crippen LogP contribution in [0.1, 0.15) is 16.9 Å². The highest BCUT2D eigenvalue weighted by atomic mass is 16.6. The van der Waals surface area contributed by atoms with E-state index in [-0.39, 0.29) is 30.2 Å². The van der Waals surface area contributed by atoms with E-state index in [2.05, 4.69) is 11.9 Å². The molecule has 35 heavy (non-hydrogen) atoms. The van der Waals surface area contributed by atoms with E-state index in [0.717, 1.165) is 5.56 Å². The quantitative estimate of drug-likeness (QED) is 0.146. The molecule has 0 atom stereocenters. The molecule has 0 aliphatic heterocycles. The van der Waals surface area contributed by atoms with Crippen molar-refractivity contribution in [1.29, 1.82) is 5.26 Å². The Labute approximate surface area is 203 Å². The van der Waals surface area contributed by atoms with Gasteiger partial charge in [-0.05, 0) is 54.0 Å². The summed E-state index contributed by atoms with van der Waals surface area (Å²) in [5.41, 5.74) is 1.32. The minimum Gasteiger partial charge on any atom is -0.493 e. The summed E-state index contributed by atoms with van der Waals surface area (Å²) in [6, 6.07) is 17.3. The van der Waals surface area contributed by atoms with Gasteiger partial charge in [-0.15, -0.1) is 6.58 Å². The van der Waals surface area contributed by atoms with E-state index in [4.69, 9.17) is 18.6 Å². The molecule has 8 nitrogen and oxygen atoms in total. The van der Waals surface area contributed by atoms with E-state index in [1.807, 2.05) is 24.3 Å². The van der Waals surface area contributed by atoms with E-state index in [0.29, 0.717) is 23.5 Å². The van der Waals surface area contributed by atoms with Crippen LogP contribution in [0.25, 0.3) is 6.08 Å². The molecule has 3 aromatic rings. The SMILES string of the molecule is C=CCc1ccccc1OCC(=O)Oc1ccc(/C=C(\C#N)C(=O)NCc2ccco2)cc1OC. The normalized spacial score (nSPS) is 10.7. The number of hydrogen-bond donors (Lipinski definition) is 1. The topological polar surface area (TPSA) is 111 Å². The number of nitrogens with zero attached hydrogens (tertiary/aromatic N) is 1. The molecule has 3 rings (SSSR count). The predicted octanol–water partition coefficient (Wildman–Crippen LogP) is 4.22. The van der Waals surface area contributed by atoms with Gasteiger partial charge < -0.3 is 23.9 Å². The summed E-state index contributed by atoms with van der Waals surface area (Å²) in [6.45, 7) is 3.58.